The topological polar surface area (TPSA) is 62.2 Å². The van der Waals surface area contributed by atoms with Crippen molar-refractivity contribution >= 4 is 5.91 Å². The molecule has 6 nitrogen and oxygen atoms in total. The minimum absolute atomic E-state index is 0.129. The molecule has 0 aliphatic rings. The number of carbonyl (C=O) groups excluding carboxylic acids is 1. The van der Waals surface area contributed by atoms with E-state index in [9.17, 15) is 9.90 Å². The highest BCUT2D eigenvalue weighted by molar-refractivity contribution is 5.75. The van der Waals surface area contributed by atoms with Crippen molar-refractivity contribution in [1.82, 2.24) is 10.1 Å². The number of phenols is 1. The van der Waals surface area contributed by atoms with Gasteiger partial charge in [-0.2, -0.15) is 5.06 Å². The van der Waals surface area contributed by atoms with E-state index in [0.717, 1.165) is 5.06 Å². The van der Waals surface area contributed by atoms with E-state index in [-0.39, 0.29) is 18.1 Å². The smallest absolute Gasteiger partial charge is 0.247 e. The molecule has 1 aromatic carbocycles. The zero-order valence-electron chi connectivity index (χ0n) is 11.7. The molecule has 0 saturated carbocycles. The van der Waals surface area contributed by atoms with Gasteiger partial charge < -0.3 is 9.94 Å². The Morgan fingerprint density at radius 2 is 1.89 bits per heavy atom. The van der Waals surface area contributed by atoms with Crippen molar-refractivity contribution in [3.8, 4) is 5.75 Å². The number of para-hydroxylation sites is 1. The molecule has 6 heteroatoms. The SMILES string of the molecule is CON(C)C(=O)CC(c1ccccc1O)N(C)OC. The maximum atomic E-state index is 11.9. The average Bonchev–Trinajstić information content (AvgIpc) is 2.43. The summed E-state index contributed by atoms with van der Waals surface area (Å²) >= 11 is 0. The summed E-state index contributed by atoms with van der Waals surface area (Å²) in [6.07, 6.45) is 0.131. The lowest BCUT2D eigenvalue weighted by molar-refractivity contribution is -0.179. The lowest BCUT2D eigenvalue weighted by atomic mass is 10.0. The molecule has 106 valence electrons. The molecular formula is C13H20N2O4. The number of hydrogen-bond acceptors (Lipinski definition) is 5. The molecule has 19 heavy (non-hydrogen) atoms. The molecule has 0 fully saturated rings. The van der Waals surface area contributed by atoms with Crippen LogP contribution in [0.1, 0.15) is 18.0 Å². The standard InChI is InChI=1S/C13H20N2O4/c1-14(18-3)11(9-13(17)15(2)19-4)10-7-5-6-8-12(10)16/h5-8,11,16H,9H2,1-4H3. The van der Waals surface area contributed by atoms with Gasteiger partial charge >= 0.3 is 0 Å². The zero-order valence-corrected chi connectivity index (χ0v) is 11.7. The Kier molecular flexibility index (Phi) is 5.75. The van der Waals surface area contributed by atoms with Crippen LogP contribution in [0.4, 0.5) is 0 Å². The zero-order chi connectivity index (χ0) is 14.4. The third kappa shape index (κ3) is 3.92. The summed E-state index contributed by atoms with van der Waals surface area (Å²) in [6.45, 7) is 0. The highest BCUT2D eigenvalue weighted by Gasteiger charge is 2.25. The summed E-state index contributed by atoms with van der Waals surface area (Å²) in [7, 11) is 6.18. The van der Waals surface area contributed by atoms with Crippen molar-refractivity contribution in [2.45, 2.75) is 12.5 Å². The molecule has 1 unspecified atom stereocenters. The van der Waals surface area contributed by atoms with E-state index in [2.05, 4.69) is 0 Å². The fraction of sp³-hybridized carbons (Fsp3) is 0.462. The van der Waals surface area contributed by atoms with Crippen LogP contribution < -0.4 is 0 Å². The second kappa shape index (κ2) is 7.08. The first-order valence-corrected chi connectivity index (χ1v) is 5.86. The average molecular weight is 268 g/mol. The number of carbonyl (C=O) groups is 1. The monoisotopic (exact) mass is 268 g/mol. The van der Waals surface area contributed by atoms with Gasteiger partial charge in [-0.3, -0.25) is 9.63 Å². The fourth-order valence-corrected chi connectivity index (χ4v) is 1.73. The molecule has 1 N–H and O–H groups in total. The maximum absolute atomic E-state index is 11.9. The van der Waals surface area contributed by atoms with E-state index in [0.29, 0.717) is 5.56 Å². The van der Waals surface area contributed by atoms with Gasteiger partial charge in [0.2, 0.25) is 5.91 Å². The fourth-order valence-electron chi connectivity index (χ4n) is 1.73. The molecule has 0 heterocycles. The molecule has 1 aromatic rings. The van der Waals surface area contributed by atoms with Crippen LogP contribution in [0.2, 0.25) is 0 Å². The lowest BCUT2D eigenvalue weighted by Crippen LogP contribution is -2.32. The summed E-state index contributed by atoms with van der Waals surface area (Å²) < 4.78 is 0. The van der Waals surface area contributed by atoms with Gasteiger partial charge in [0, 0.05) is 19.7 Å². The minimum Gasteiger partial charge on any atom is -0.508 e. The van der Waals surface area contributed by atoms with Gasteiger partial charge in [0.1, 0.15) is 5.75 Å². The second-order valence-corrected chi connectivity index (χ2v) is 4.08. The van der Waals surface area contributed by atoms with Crippen LogP contribution in [0.15, 0.2) is 24.3 Å². The Labute approximate surface area is 113 Å². The highest BCUT2D eigenvalue weighted by Crippen LogP contribution is 2.30. The van der Waals surface area contributed by atoms with E-state index < -0.39 is 6.04 Å². The van der Waals surface area contributed by atoms with Crippen LogP contribution in [-0.2, 0) is 14.5 Å². The Hall–Kier alpha value is -1.63. The molecule has 0 aliphatic heterocycles. The van der Waals surface area contributed by atoms with Crippen LogP contribution in [0, 0.1) is 0 Å². The van der Waals surface area contributed by atoms with Crippen molar-refractivity contribution in [3.05, 3.63) is 29.8 Å². The first-order valence-electron chi connectivity index (χ1n) is 5.86. The number of benzene rings is 1. The van der Waals surface area contributed by atoms with Gasteiger partial charge in [0.05, 0.1) is 26.7 Å². The lowest BCUT2D eigenvalue weighted by Gasteiger charge is -2.27. The molecule has 0 aromatic heterocycles. The van der Waals surface area contributed by atoms with E-state index >= 15 is 0 Å². The maximum Gasteiger partial charge on any atom is 0.247 e. The van der Waals surface area contributed by atoms with Gasteiger partial charge in [0.15, 0.2) is 0 Å². The number of rotatable bonds is 6. The third-order valence-electron chi connectivity index (χ3n) is 3.02. The minimum atomic E-state index is -0.392. The Morgan fingerprint density at radius 1 is 1.26 bits per heavy atom. The summed E-state index contributed by atoms with van der Waals surface area (Å²) in [5.41, 5.74) is 0.629. The van der Waals surface area contributed by atoms with Gasteiger partial charge in [-0.25, -0.2) is 5.06 Å². The normalized spacial score (nSPS) is 12.5. The largest absolute Gasteiger partial charge is 0.508 e. The summed E-state index contributed by atoms with van der Waals surface area (Å²) in [5.74, 6) is -0.0797. The highest BCUT2D eigenvalue weighted by atomic mass is 16.7. The molecule has 0 aliphatic carbocycles. The summed E-state index contributed by atoms with van der Waals surface area (Å²) in [5, 5.41) is 12.6. The van der Waals surface area contributed by atoms with Crippen LogP contribution in [0.25, 0.3) is 0 Å². The van der Waals surface area contributed by atoms with E-state index in [1.165, 1.54) is 26.3 Å². The van der Waals surface area contributed by atoms with Gasteiger partial charge in [0.25, 0.3) is 0 Å². The molecule has 0 radical (unpaired) electrons. The molecule has 0 spiro atoms. The van der Waals surface area contributed by atoms with Gasteiger partial charge in [-0.1, -0.05) is 18.2 Å². The van der Waals surface area contributed by atoms with Gasteiger partial charge in [-0.05, 0) is 6.07 Å². The van der Waals surface area contributed by atoms with Crippen molar-refractivity contribution in [2.24, 2.45) is 0 Å². The number of nitrogens with zero attached hydrogens (tertiary/aromatic N) is 2. The number of phenolic OH excluding ortho intramolecular Hbond substituents is 1. The van der Waals surface area contributed by atoms with Crippen LogP contribution >= 0.6 is 0 Å². The van der Waals surface area contributed by atoms with E-state index in [1.807, 2.05) is 0 Å². The van der Waals surface area contributed by atoms with Crippen LogP contribution in [-0.4, -0.2) is 49.5 Å². The number of hydrogen-bond donors (Lipinski definition) is 1. The number of hydroxylamine groups is 4. The first kappa shape index (κ1) is 15.4. The molecule has 1 amide bonds. The number of amides is 1. The van der Waals surface area contributed by atoms with Crippen LogP contribution in [0.5, 0.6) is 5.75 Å². The molecule has 1 rings (SSSR count). The van der Waals surface area contributed by atoms with Crippen molar-refractivity contribution in [3.63, 3.8) is 0 Å². The van der Waals surface area contributed by atoms with Crippen molar-refractivity contribution in [2.75, 3.05) is 28.3 Å². The predicted octanol–water partition coefficient (Wildman–Crippen LogP) is 1.34. The Balaban J connectivity index is 2.97. The Morgan fingerprint density at radius 3 is 2.42 bits per heavy atom. The molecular weight excluding hydrogens is 248 g/mol. The van der Waals surface area contributed by atoms with Crippen molar-refractivity contribution in [1.29, 1.82) is 0 Å². The van der Waals surface area contributed by atoms with E-state index in [4.69, 9.17) is 9.68 Å². The van der Waals surface area contributed by atoms with Gasteiger partial charge in [-0.15, -0.1) is 0 Å². The number of aromatic hydroxyl groups is 1. The van der Waals surface area contributed by atoms with Crippen LogP contribution in [0.3, 0.4) is 0 Å². The predicted molar refractivity (Wildman–Crippen MR) is 70.0 cm³/mol. The molecule has 0 bridgehead atoms. The second-order valence-electron chi connectivity index (χ2n) is 4.08. The third-order valence-corrected chi connectivity index (χ3v) is 3.02. The quantitative estimate of drug-likeness (QED) is 0.789. The molecule has 1 atom stereocenters. The molecule has 0 saturated heterocycles. The summed E-state index contributed by atoms with van der Waals surface area (Å²) in [4.78, 5) is 21.9. The van der Waals surface area contributed by atoms with Crippen molar-refractivity contribution < 1.29 is 19.6 Å². The Bertz CT molecular complexity index is 425. The summed E-state index contributed by atoms with van der Waals surface area (Å²) in [6, 6.07) is 6.48. The first-order chi connectivity index (χ1) is 9.01. The van der Waals surface area contributed by atoms with E-state index in [1.54, 1.807) is 31.3 Å².